The number of pyridine rings is 1. The van der Waals surface area contributed by atoms with Gasteiger partial charge in [-0.15, -0.1) is 0 Å². The summed E-state index contributed by atoms with van der Waals surface area (Å²) >= 11 is 0. The van der Waals surface area contributed by atoms with Crippen LogP contribution in [-0.2, 0) is 14.8 Å². The van der Waals surface area contributed by atoms with Gasteiger partial charge in [0.1, 0.15) is 5.75 Å². The first-order chi connectivity index (χ1) is 15.4. The summed E-state index contributed by atoms with van der Waals surface area (Å²) in [5, 5.41) is 8.85. The van der Waals surface area contributed by atoms with Crippen molar-refractivity contribution in [3.63, 3.8) is 0 Å². The molecule has 0 spiro atoms. The number of carboxylic acid groups (broad SMARTS) is 1. The van der Waals surface area contributed by atoms with E-state index in [1.54, 1.807) is 36.7 Å². The lowest BCUT2D eigenvalue weighted by Crippen LogP contribution is -2.12. The largest absolute Gasteiger partial charge is 0.497 e. The van der Waals surface area contributed by atoms with Crippen molar-refractivity contribution in [2.24, 2.45) is 0 Å². The van der Waals surface area contributed by atoms with E-state index >= 15 is 0 Å². The first-order valence-corrected chi connectivity index (χ1v) is 11.5. The van der Waals surface area contributed by atoms with Gasteiger partial charge in [0.05, 0.1) is 12.0 Å². The Kier molecular flexibility index (Phi) is 7.62. The maximum Gasteiger partial charge on any atom is 0.303 e. The molecule has 3 rings (SSSR count). The van der Waals surface area contributed by atoms with Gasteiger partial charge < -0.3 is 9.84 Å². The molecule has 0 aliphatic rings. The smallest absolute Gasteiger partial charge is 0.303 e. The first kappa shape index (κ1) is 23.0. The molecule has 32 heavy (non-hydrogen) atoms. The van der Waals surface area contributed by atoms with E-state index in [2.05, 4.69) is 9.71 Å². The third kappa shape index (κ3) is 6.18. The maximum absolute atomic E-state index is 12.7. The van der Waals surface area contributed by atoms with Crippen LogP contribution in [0.3, 0.4) is 0 Å². The summed E-state index contributed by atoms with van der Waals surface area (Å²) in [5.74, 6) is -0.249. The number of aliphatic carboxylic acids is 1. The minimum Gasteiger partial charge on any atom is -0.497 e. The van der Waals surface area contributed by atoms with Crippen molar-refractivity contribution < 1.29 is 23.1 Å². The van der Waals surface area contributed by atoms with Gasteiger partial charge >= 0.3 is 5.97 Å². The Balaban J connectivity index is 1.80. The highest BCUT2D eigenvalue weighted by atomic mass is 32.2. The number of carbonyl (C=O) groups is 1. The van der Waals surface area contributed by atoms with Gasteiger partial charge in [0.2, 0.25) is 0 Å². The fourth-order valence-electron chi connectivity index (χ4n) is 3.11. The number of allylic oxidation sites excluding steroid dienone is 1. The van der Waals surface area contributed by atoms with Crippen LogP contribution in [0.5, 0.6) is 5.75 Å². The van der Waals surface area contributed by atoms with Crippen LogP contribution < -0.4 is 9.46 Å². The van der Waals surface area contributed by atoms with Gasteiger partial charge in [0.15, 0.2) is 0 Å². The molecule has 0 saturated carbocycles. The molecule has 3 aromatic rings. The molecule has 0 aliphatic carbocycles. The molecule has 2 N–H and O–H groups in total. The Morgan fingerprint density at radius 3 is 2.38 bits per heavy atom. The van der Waals surface area contributed by atoms with Crippen molar-refractivity contribution >= 4 is 27.3 Å². The SMILES string of the molecule is COc1ccc(S(=O)(=O)Nc2ccc(C(=CCCCC(=O)O)c3cccnc3)cc2)cc1. The number of nitrogens with zero attached hydrogens (tertiary/aromatic N) is 1. The molecule has 0 amide bonds. The Morgan fingerprint density at radius 1 is 1.06 bits per heavy atom. The summed E-state index contributed by atoms with van der Waals surface area (Å²) in [6, 6.07) is 16.9. The van der Waals surface area contributed by atoms with Crippen molar-refractivity contribution in [1.29, 1.82) is 0 Å². The molecular weight excluding hydrogens is 428 g/mol. The van der Waals surface area contributed by atoms with Crippen LogP contribution in [0.4, 0.5) is 5.69 Å². The number of benzene rings is 2. The van der Waals surface area contributed by atoms with E-state index in [0.29, 0.717) is 24.3 Å². The molecule has 0 aliphatic heterocycles. The molecule has 2 aromatic carbocycles. The molecule has 0 atom stereocenters. The highest BCUT2D eigenvalue weighted by molar-refractivity contribution is 7.92. The summed E-state index contributed by atoms with van der Waals surface area (Å²) in [4.78, 5) is 15.1. The normalized spacial score (nSPS) is 11.7. The third-order valence-corrected chi connectivity index (χ3v) is 6.13. The standard InChI is InChI=1S/C24H24N2O5S/c1-31-21-12-14-22(15-13-21)32(29,30)26-20-10-8-18(9-11-20)23(6-2-3-7-24(27)28)19-5-4-16-25-17-19/h4-6,8-17,26H,2-3,7H2,1H3,(H,27,28). The summed E-state index contributed by atoms with van der Waals surface area (Å²) in [5.41, 5.74) is 3.11. The number of rotatable bonds is 10. The molecule has 1 aromatic heterocycles. The Hall–Kier alpha value is -3.65. The van der Waals surface area contributed by atoms with E-state index in [4.69, 9.17) is 9.84 Å². The number of anilines is 1. The van der Waals surface area contributed by atoms with Gasteiger partial charge in [-0.2, -0.15) is 0 Å². The van der Waals surface area contributed by atoms with Crippen molar-refractivity contribution in [2.75, 3.05) is 11.8 Å². The number of carboxylic acids is 1. The number of unbranched alkanes of at least 4 members (excludes halogenated alkanes) is 1. The molecule has 7 nitrogen and oxygen atoms in total. The van der Waals surface area contributed by atoms with Crippen LogP contribution in [0.2, 0.25) is 0 Å². The van der Waals surface area contributed by atoms with Crippen LogP contribution >= 0.6 is 0 Å². The number of sulfonamides is 1. The molecule has 0 radical (unpaired) electrons. The highest BCUT2D eigenvalue weighted by Gasteiger charge is 2.14. The predicted molar refractivity (Wildman–Crippen MR) is 123 cm³/mol. The molecule has 0 fully saturated rings. The number of ether oxygens (including phenoxy) is 1. The number of hydrogen-bond donors (Lipinski definition) is 2. The first-order valence-electron chi connectivity index (χ1n) is 9.99. The lowest BCUT2D eigenvalue weighted by Gasteiger charge is -2.12. The minimum absolute atomic E-state index is 0.100. The average Bonchev–Trinajstić information content (AvgIpc) is 2.80. The van der Waals surface area contributed by atoms with E-state index in [1.807, 2.05) is 30.3 Å². The summed E-state index contributed by atoms with van der Waals surface area (Å²) in [6.45, 7) is 0. The number of methoxy groups -OCH3 is 1. The van der Waals surface area contributed by atoms with Gasteiger partial charge in [-0.1, -0.05) is 24.3 Å². The van der Waals surface area contributed by atoms with Gasteiger partial charge in [0, 0.05) is 30.1 Å². The zero-order valence-corrected chi connectivity index (χ0v) is 18.4. The van der Waals surface area contributed by atoms with Crippen molar-refractivity contribution in [1.82, 2.24) is 4.98 Å². The van der Waals surface area contributed by atoms with E-state index in [1.165, 1.54) is 19.2 Å². The lowest BCUT2D eigenvalue weighted by atomic mass is 9.97. The second-order valence-electron chi connectivity index (χ2n) is 7.00. The molecule has 8 heteroatoms. The molecule has 166 valence electrons. The van der Waals surface area contributed by atoms with E-state index in [0.717, 1.165) is 16.7 Å². The third-order valence-electron chi connectivity index (χ3n) is 4.73. The van der Waals surface area contributed by atoms with Gasteiger partial charge in [-0.25, -0.2) is 8.42 Å². The second-order valence-corrected chi connectivity index (χ2v) is 8.69. The number of aromatic nitrogens is 1. The maximum atomic E-state index is 12.7. The van der Waals surface area contributed by atoms with E-state index in [9.17, 15) is 13.2 Å². The second kappa shape index (κ2) is 10.6. The summed E-state index contributed by atoms with van der Waals surface area (Å²) in [7, 11) is -2.22. The summed E-state index contributed by atoms with van der Waals surface area (Å²) in [6.07, 6.45) is 6.63. The molecule has 0 saturated heterocycles. The predicted octanol–water partition coefficient (Wildman–Crippen LogP) is 4.58. The van der Waals surface area contributed by atoms with Crippen molar-refractivity contribution in [2.45, 2.75) is 24.2 Å². The number of hydrogen-bond acceptors (Lipinski definition) is 5. The number of nitrogens with one attached hydrogen (secondary N) is 1. The zero-order valence-electron chi connectivity index (χ0n) is 17.6. The average molecular weight is 453 g/mol. The fourth-order valence-corrected chi connectivity index (χ4v) is 4.17. The van der Waals surface area contributed by atoms with Crippen molar-refractivity contribution in [3.8, 4) is 5.75 Å². The van der Waals surface area contributed by atoms with Gasteiger partial charge in [-0.05, 0) is 66.4 Å². The Bertz CT molecular complexity index is 1170. The van der Waals surface area contributed by atoms with E-state index < -0.39 is 16.0 Å². The van der Waals surface area contributed by atoms with E-state index in [-0.39, 0.29) is 11.3 Å². The van der Waals surface area contributed by atoms with Crippen LogP contribution in [0, 0.1) is 0 Å². The van der Waals surface area contributed by atoms with Crippen LogP contribution in [0.15, 0.2) is 84.0 Å². The fraction of sp³-hybridized carbons (Fsp3) is 0.167. The lowest BCUT2D eigenvalue weighted by molar-refractivity contribution is -0.137. The molecular formula is C24H24N2O5S. The topological polar surface area (TPSA) is 106 Å². The van der Waals surface area contributed by atoms with Gasteiger partial charge in [-0.3, -0.25) is 14.5 Å². The quantitative estimate of drug-likeness (QED) is 0.436. The molecule has 0 bridgehead atoms. The summed E-state index contributed by atoms with van der Waals surface area (Å²) < 4.78 is 32.9. The minimum atomic E-state index is -3.74. The monoisotopic (exact) mass is 452 g/mol. The van der Waals surface area contributed by atoms with Gasteiger partial charge in [0.25, 0.3) is 10.0 Å². The van der Waals surface area contributed by atoms with Crippen LogP contribution in [-0.4, -0.2) is 31.6 Å². The van der Waals surface area contributed by atoms with Crippen molar-refractivity contribution in [3.05, 3.63) is 90.3 Å². The van der Waals surface area contributed by atoms with Crippen LogP contribution in [0.1, 0.15) is 30.4 Å². The zero-order chi connectivity index (χ0) is 23.0. The Labute approximate surface area is 187 Å². The highest BCUT2D eigenvalue weighted by Crippen LogP contribution is 2.26. The Morgan fingerprint density at radius 2 is 1.78 bits per heavy atom. The van der Waals surface area contributed by atoms with Crippen LogP contribution in [0.25, 0.3) is 5.57 Å². The molecule has 1 heterocycles. The molecule has 0 unspecified atom stereocenters.